The lowest BCUT2D eigenvalue weighted by Gasteiger charge is -2.11. The van der Waals surface area contributed by atoms with Gasteiger partial charge in [0, 0.05) is 23.2 Å². The van der Waals surface area contributed by atoms with Crippen LogP contribution in [0.2, 0.25) is 0 Å². The van der Waals surface area contributed by atoms with Crippen molar-refractivity contribution in [2.24, 2.45) is 0 Å². The number of anilines is 1. The van der Waals surface area contributed by atoms with Crippen LogP contribution in [0, 0.1) is 13.8 Å². The molecule has 0 bridgehead atoms. The molecule has 1 aromatic heterocycles. The van der Waals surface area contributed by atoms with Crippen LogP contribution in [0.3, 0.4) is 0 Å². The zero-order valence-electron chi connectivity index (χ0n) is 16.4. The molecule has 0 radical (unpaired) electrons. The summed E-state index contributed by atoms with van der Waals surface area (Å²) in [6, 6.07) is 13.7. The average molecular weight is 414 g/mol. The van der Waals surface area contributed by atoms with Gasteiger partial charge in [-0.3, -0.25) is 4.79 Å². The topological polar surface area (TPSA) is 98.5 Å². The molecule has 0 aliphatic heterocycles. The number of benzene rings is 2. The van der Waals surface area contributed by atoms with E-state index >= 15 is 0 Å². The van der Waals surface area contributed by atoms with Crippen molar-refractivity contribution in [3.05, 3.63) is 59.8 Å². The number of hydrogen-bond donors (Lipinski definition) is 1. The average Bonchev–Trinajstić information content (AvgIpc) is 3.05. The Morgan fingerprint density at radius 2 is 1.86 bits per heavy atom. The van der Waals surface area contributed by atoms with E-state index in [0.29, 0.717) is 17.0 Å². The lowest BCUT2D eigenvalue weighted by atomic mass is 10.1. The van der Waals surface area contributed by atoms with Crippen LogP contribution in [0.25, 0.3) is 11.3 Å². The second kappa shape index (κ2) is 8.48. The maximum Gasteiger partial charge on any atom is 0.225 e. The van der Waals surface area contributed by atoms with Crippen LogP contribution in [-0.4, -0.2) is 32.3 Å². The van der Waals surface area contributed by atoms with Gasteiger partial charge in [0.1, 0.15) is 10.6 Å². The summed E-state index contributed by atoms with van der Waals surface area (Å²) in [4.78, 5) is 12.2. The van der Waals surface area contributed by atoms with Gasteiger partial charge in [-0.25, -0.2) is 8.42 Å². The summed E-state index contributed by atoms with van der Waals surface area (Å²) in [5.41, 5.74) is 2.76. The molecule has 2 aromatic carbocycles. The minimum absolute atomic E-state index is 0.0125. The molecule has 0 fully saturated rings. The lowest BCUT2D eigenvalue weighted by Crippen LogP contribution is -2.18. The Morgan fingerprint density at radius 1 is 1.14 bits per heavy atom. The molecule has 0 spiro atoms. The normalized spacial score (nSPS) is 11.3. The van der Waals surface area contributed by atoms with Gasteiger partial charge in [0.2, 0.25) is 5.91 Å². The highest BCUT2D eigenvalue weighted by atomic mass is 32.2. The fourth-order valence-corrected chi connectivity index (χ4v) is 4.27. The van der Waals surface area contributed by atoms with Crippen LogP contribution < -0.4 is 10.1 Å². The Labute approximate surface area is 169 Å². The Kier molecular flexibility index (Phi) is 6.03. The van der Waals surface area contributed by atoms with Gasteiger partial charge >= 0.3 is 0 Å². The van der Waals surface area contributed by atoms with E-state index in [1.54, 1.807) is 36.4 Å². The first-order valence-electron chi connectivity index (χ1n) is 9.01. The Bertz CT molecular complexity index is 1120. The second-order valence-corrected chi connectivity index (χ2v) is 8.65. The largest absolute Gasteiger partial charge is 0.495 e. The molecule has 3 rings (SSSR count). The summed E-state index contributed by atoms with van der Waals surface area (Å²) in [7, 11) is -2.37. The highest BCUT2D eigenvalue weighted by Gasteiger charge is 2.23. The number of methoxy groups -OCH3 is 1. The quantitative estimate of drug-likeness (QED) is 0.632. The molecule has 0 atom stereocenters. The molecule has 1 N–H and O–H groups in total. The molecule has 0 unspecified atom stereocenters. The fourth-order valence-electron chi connectivity index (χ4n) is 2.83. The van der Waals surface area contributed by atoms with Gasteiger partial charge in [-0.2, -0.15) is 0 Å². The predicted octanol–water partition coefficient (Wildman–Crippen LogP) is 3.77. The summed E-state index contributed by atoms with van der Waals surface area (Å²) in [6.45, 7) is 3.67. The van der Waals surface area contributed by atoms with Gasteiger partial charge < -0.3 is 14.6 Å². The number of nitrogens with zero attached hydrogens (tertiary/aromatic N) is 1. The highest BCUT2D eigenvalue weighted by Crippen LogP contribution is 2.33. The minimum atomic E-state index is -3.77. The van der Waals surface area contributed by atoms with E-state index in [0.717, 1.165) is 11.3 Å². The molecule has 7 nitrogen and oxygen atoms in total. The summed E-state index contributed by atoms with van der Waals surface area (Å²) in [5.74, 6) is -0.00832. The predicted molar refractivity (Wildman–Crippen MR) is 110 cm³/mol. The molecular formula is C21H22N2O5S. The molecule has 8 heteroatoms. The zero-order valence-corrected chi connectivity index (χ0v) is 17.2. The van der Waals surface area contributed by atoms with E-state index in [9.17, 15) is 13.2 Å². The van der Waals surface area contributed by atoms with Crippen LogP contribution in [0.4, 0.5) is 5.69 Å². The van der Waals surface area contributed by atoms with Crippen molar-refractivity contribution in [3.63, 3.8) is 0 Å². The van der Waals surface area contributed by atoms with Gasteiger partial charge in [0.15, 0.2) is 15.6 Å². The van der Waals surface area contributed by atoms with E-state index in [1.807, 2.05) is 19.9 Å². The molecular weight excluding hydrogens is 392 g/mol. The number of rotatable bonds is 7. The first-order valence-corrected chi connectivity index (χ1v) is 10.7. The number of aromatic nitrogens is 1. The fraction of sp³-hybridized carbons (Fsp3) is 0.238. The number of carbonyl (C=O) groups is 1. The molecule has 0 aliphatic rings. The van der Waals surface area contributed by atoms with E-state index < -0.39 is 9.84 Å². The third-order valence-corrected chi connectivity index (χ3v) is 6.30. The SMILES string of the molecule is COc1ccc(-c2onc(C)c2C)cc1S(=O)(=O)CCC(=O)Nc1ccccc1. The summed E-state index contributed by atoms with van der Waals surface area (Å²) >= 11 is 0. The molecule has 152 valence electrons. The van der Waals surface area contributed by atoms with Crippen molar-refractivity contribution in [1.82, 2.24) is 5.16 Å². The Morgan fingerprint density at radius 3 is 2.48 bits per heavy atom. The standard InChI is InChI=1S/C21H22N2O5S/c1-14-15(2)23-28-21(14)16-9-10-18(27-3)19(13-16)29(25,26)12-11-20(24)22-17-7-5-4-6-8-17/h4-10,13H,11-12H2,1-3H3,(H,22,24). The first-order chi connectivity index (χ1) is 13.8. The van der Waals surface area contributed by atoms with E-state index in [-0.39, 0.29) is 28.7 Å². The highest BCUT2D eigenvalue weighted by molar-refractivity contribution is 7.91. The summed E-state index contributed by atoms with van der Waals surface area (Å²) in [5, 5.41) is 6.60. The lowest BCUT2D eigenvalue weighted by molar-refractivity contribution is -0.115. The third kappa shape index (κ3) is 4.65. The smallest absolute Gasteiger partial charge is 0.225 e. The minimum Gasteiger partial charge on any atom is -0.495 e. The van der Waals surface area contributed by atoms with Crippen LogP contribution in [0.5, 0.6) is 5.75 Å². The van der Waals surface area contributed by atoms with Crippen molar-refractivity contribution in [3.8, 4) is 17.1 Å². The van der Waals surface area contributed by atoms with E-state index in [1.165, 1.54) is 13.2 Å². The maximum absolute atomic E-state index is 12.9. The van der Waals surface area contributed by atoms with Crippen LogP contribution in [-0.2, 0) is 14.6 Å². The number of para-hydroxylation sites is 1. The van der Waals surface area contributed by atoms with Crippen LogP contribution in [0.1, 0.15) is 17.7 Å². The van der Waals surface area contributed by atoms with Crippen molar-refractivity contribution >= 4 is 21.4 Å². The number of aryl methyl sites for hydroxylation is 1. The Hall–Kier alpha value is -3.13. The molecule has 29 heavy (non-hydrogen) atoms. The molecule has 3 aromatic rings. The van der Waals surface area contributed by atoms with Crippen molar-refractivity contribution in [1.29, 1.82) is 0 Å². The molecule has 0 saturated heterocycles. The van der Waals surface area contributed by atoms with Gasteiger partial charge in [-0.05, 0) is 44.2 Å². The number of sulfone groups is 1. The number of ether oxygens (including phenoxy) is 1. The summed E-state index contributed by atoms with van der Waals surface area (Å²) in [6.07, 6.45) is -0.176. The van der Waals surface area contributed by atoms with Gasteiger partial charge in [-0.1, -0.05) is 23.4 Å². The van der Waals surface area contributed by atoms with Gasteiger partial charge in [0.05, 0.1) is 18.6 Å². The second-order valence-electron chi connectivity index (χ2n) is 6.57. The number of carbonyl (C=O) groups excluding carboxylic acids is 1. The molecule has 0 aliphatic carbocycles. The first kappa shape index (κ1) is 20.6. The maximum atomic E-state index is 12.9. The summed E-state index contributed by atoms with van der Waals surface area (Å²) < 4.78 is 36.4. The van der Waals surface area contributed by atoms with Crippen LogP contribution >= 0.6 is 0 Å². The number of nitrogens with one attached hydrogen (secondary N) is 1. The molecule has 1 amide bonds. The number of amides is 1. The van der Waals surface area contributed by atoms with Crippen molar-refractivity contribution < 1.29 is 22.5 Å². The van der Waals surface area contributed by atoms with Crippen molar-refractivity contribution in [2.75, 3.05) is 18.2 Å². The monoisotopic (exact) mass is 414 g/mol. The zero-order chi connectivity index (χ0) is 21.0. The van der Waals surface area contributed by atoms with Gasteiger partial charge in [-0.15, -0.1) is 0 Å². The Balaban J connectivity index is 1.82. The van der Waals surface area contributed by atoms with Crippen LogP contribution in [0.15, 0.2) is 57.9 Å². The van der Waals surface area contributed by atoms with E-state index in [2.05, 4.69) is 10.5 Å². The van der Waals surface area contributed by atoms with E-state index in [4.69, 9.17) is 9.26 Å². The van der Waals surface area contributed by atoms with Crippen molar-refractivity contribution in [2.45, 2.75) is 25.2 Å². The third-order valence-electron chi connectivity index (χ3n) is 4.57. The van der Waals surface area contributed by atoms with Gasteiger partial charge in [0.25, 0.3) is 0 Å². The molecule has 1 heterocycles. The number of hydrogen-bond acceptors (Lipinski definition) is 6. The molecule has 0 saturated carbocycles.